The van der Waals surface area contributed by atoms with Crippen LogP contribution in [0.25, 0.3) is 33.3 Å². The normalized spacial score (nSPS) is 18.8. The molecule has 2 aromatic heterocycles. The van der Waals surface area contributed by atoms with Crippen LogP contribution in [0.15, 0.2) is 61.1 Å². The summed E-state index contributed by atoms with van der Waals surface area (Å²) >= 11 is 0. The number of piperidine rings is 1. The molecule has 0 spiro atoms. The molecule has 7 heteroatoms. The molecule has 0 amide bonds. The topological polar surface area (TPSA) is 75.3 Å². The Morgan fingerprint density at radius 3 is 2.68 bits per heavy atom. The van der Waals surface area contributed by atoms with Crippen molar-refractivity contribution in [3.8, 4) is 28.3 Å². The van der Waals surface area contributed by atoms with Gasteiger partial charge in [0, 0.05) is 48.0 Å². The lowest BCUT2D eigenvalue weighted by molar-refractivity contribution is 0.122. The average molecular weight is 456 g/mol. The summed E-state index contributed by atoms with van der Waals surface area (Å²) < 4.78 is 11.6. The number of ether oxygens (including phenoxy) is 2. The summed E-state index contributed by atoms with van der Waals surface area (Å²) in [5, 5.41) is 4.50. The van der Waals surface area contributed by atoms with Crippen LogP contribution >= 0.6 is 0 Å². The zero-order valence-corrected chi connectivity index (χ0v) is 19.2. The predicted octanol–water partition coefficient (Wildman–Crippen LogP) is 4.26. The van der Waals surface area contributed by atoms with Gasteiger partial charge in [-0.25, -0.2) is 4.98 Å². The third-order valence-corrected chi connectivity index (χ3v) is 6.69. The first-order valence-electron chi connectivity index (χ1n) is 12.1. The number of aromatic amines is 1. The van der Waals surface area contributed by atoms with Crippen molar-refractivity contribution in [2.45, 2.75) is 18.9 Å². The van der Waals surface area contributed by atoms with Crippen molar-refractivity contribution < 1.29 is 9.47 Å². The molecule has 174 valence electrons. The zero-order valence-electron chi connectivity index (χ0n) is 19.2. The van der Waals surface area contributed by atoms with Crippen LogP contribution in [0.5, 0.6) is 5.88 Å². The quantitative estimate of drug-likeness (QED) is 0.468. The number of aromatic nitrogens is 3. The Morgan fingerprint density at radius 1 is 1.00 bits per heavy atom. The highest BCUT2D eigenvalue weighted by Crippen LogP contribution is 2.32. The molecule has 0 aliphatic carbocycles. The van der Waals surface area contributed by atoms with Gasteiger partial charge in [-0.2, -0.15) is 0 Å². The van der Waals surface area contributed by atoms with E-state index in [1.165, 1.54) is 16.8 Å². The number of hydrogen-bond donors (Lipinski definition) is 2. The van der Waals surface area contributed by atoms with Crippen molar-refractivity contribution in [2.75, 3.05) is 44.3 Å². The number of H-pyrrole nitrogens is 1. The van der Waals surface area contributed by atoms with Gasteiger partial charge in [-0.1, -0.05) is 18.2 Å². The highest BCUT2D eigenvalue weighted by atomic mass is 16.5. The maximum absolute atomic E-state index is 6.10. The van der Waals surface area contributed by atoms with Gasteiger partial charge in [0.2, 0.25) is 5.88 Å². The van der Waals surface area contributed by atoms with Crippen molar-refractivity contribution in [3.05, 3.63) is 61.1 Å². The zero-order chi connectivity index (χ0) is 22.7. The Labute approximate surface area is 199 Å². The summed E-state index contributed by atoms with van der Waals surface area (Å²) in [6.45, 7) is 5.38. The summed E-state index contributed by atoms with van der Waals surface area (Å²) in [6.07, 6.45) is 7.82. The van der Waals surface area contributed by atoms with E-state index in [-0.39, 0.29) is 6.10 Å². The monoisotopic (exact) mass is 455 g/mol. The molecule has 0 radical (unpaired) electrons. The van der Waals surface area contributed by atoms with Gasteiger partial charge in [0.05, 0.1) is 31.3 Å². The maximum atomic E-state index is 6.10. The summed E-state index contributed by atoms with van der Waals surface area (Å²) in [4.78, 5) is 14.9. The van der Waals surface area contributed by atoms with Crippen LogP contribution in [0.2, 0.25) is 0 Å². The Morgan fingerprint density at radius 2 is 1.85 bits per heavy atom. The minimum atomic E-state index is 0.147. The summed E-state index contributed by atoms with van der Waals surface area (Å²) in [6, 6.07) is 15.3. The molecule has 4 aromatic rings. The van der Waals surface area contributed by atoms with Crippen molar-refractivity contribution in [2.24, 2.45) is 0 Å². The van der Waals surface area contributed by atoms with Gasteiger partial charge in [0.1, 0.15) is 6.10 Å². The van der Waals surface area contributed by atoms with Gasteiger partial charge < -0.3 is 24.7 Å². The molecule has 0 saturated carbocycles. The fourth-order valence-electron chi connectivity index (χ4n) is 4.82. The van der Waals surface area contributed by atoms with E-state index in [2.05, 4.69) is 62.6 Å². The van der Waals surface area contributed by atoms with Crippen LogP contribution in [0, 0.1) is 0 Å². The summed E-state index contributed by atoms with van der Waals surface area (Å²) in [7, 11) is 0. The second kappa shape index (κ2) is 9.44. The van der Waals surface area contributed by atoms with Crippen molar-refractivity contribution >= 4 is 16.6 Å². The Balaban J connectivity index is 1.27. The molecule has 7 nitrogen and oxygen atoms in total. The minimum absolute atomic E-state index is 0.147. The molecule has 2 aromatic carbocycles. The Bertz CT molecular complexity index is 1260. The fraction of sp³-hybridized carbons (Fsp3) is 0.333. The molecule has 2 saturated heterocycles. The maximum Gasteiger partial charge on any atom is 0.233 e. The van der Waals surface area contributed by atoms with Gasteiger partial charge in [-0.05, 0) is 54.8 Å². The van der Waals surface area contributed by atoms with Gasteiger partial charge in [0.15, 0.2) is 0 Å². The van der Waals surface area contributed by atoms with Crippen LogP contribution in [-0.2, 0) is 4.74 Å². The number of nitrogens with zero attached hydrogens (tertiary/aromatic N) is 3. The third kappa shape index (κ3) is 4.36. The molecule has 1 unspecified atom stereocenters. The third-order valence-electron chi connectivity index (χ3n) is 6.69. The van der Waals surface area contributed by atoms with E-state index in [4.69, 9.17) is 14.5 Å². The van der Waals surface area contributed by atoms with Gasteiger partial charge >= 0.3 is 0 Å². The number of fused-ring (bicyclic) bond motifs is 1. The predicted molar refractivity (Wildman–Crippen MR) is 134 cm³/mol. The molecule has 4 heterocycles. The summed E-state index contributed by atoms with van der Waals surface area (Å²) in [5.74, 6) is 0.579. The molecule has 1 atom stereocenters. The molecule has 2 aliphatic heterocycles. The number of benzene rings is 2. The smallest absolute Gasteiger partial charge is 0.233 e. The molecule has 2 N–H and O–H groups in total. The molecule has 6 rings (SSSR count). The number of rotatable bonds is 5. The van der Waals surface area contributed by atoms with E-state index >= 15 is 0 Å². The number of hydrogen-bond acceptors (Lipinski definition) is 6. The standard InChI is InChI=1S/C27H29N5O2/c1-2-22(15-28-9-1)34-27-18-29-17-26(31-27)24-16-30-25-8-5-20(14-23(24)25)19-3-6-21(7-4-19)32-10-12-33-13-11-32/h3-8,14,16-18,22,28,30H,1-2,9-13,15H2. The molecule has 2 aliphatic rings. The minimum Gasteiger partial charge on any atom is -0.472 e. The first-order valence-corrected chi connectivity index (χ1v) is 12.1. The lowest BCUT2D eigenvalue weighted by Crippen LogP contribution is -2.37. The largest absolute Gasteiger partial charge is 0.472 e. The first kappa shape index (κ1) is 21.1. The molecule has 0 bridgehead atoms. The second-order valence-corrected chi connectivity index (χ2v) is 8.94. The molecule has 2 fully saturated rings. The molecule has 34 heavy (non-hydrogen) atoms. The molecular formula is C27H29N5O2. The lowest BCUT2D eigenvalue weighted by atomic mass is 10.0. The SMILES string of the molecule is c1cc(N2CCOCC2)ccc1-c1ccc2[nH]cc(-c3cncc(OC4CCCNC4)n3)c2c1. The lowest BCUT2D eigenvalue weighted by Gasteiger charge is -2.28. The van der Waals surface area contributed by atoms with E-state index in [9.17, 15) is 0 Å². The van der Waals surface area contributed by atoms with Gasteiger partial charge in [-0.3, -0.25) is 4.98 Å². The van der Waals surface area contributed by atoms with Crippen LogP contribution in [0.4, 0.5) is 5.69 Å². The van der Waals surface area contributed by atoms with Crippen LogP contribution in [0.3, 0.4) is 0 Å². The summed E-state index contributed by atoms with van der Waals surface area (Å²) in [5.41, 5.74) is 6.53. The van der Waals surface area contributed by atoms with Crippen LogP contribution < -0.4 is 15.0 Å². The fourth-order valence-corrected chi connectivity index (χ4v) is 4.82. The van der Waals surface area contributed by atoms with E-state index in [1.807, 2.05) is 6.20 Å². The Hall–Kier alpha value is -3.42. The van der Waals surface area contributed by atoms with E-state index in [0.717, 1.165) is 74.4 Å². The Kier molecular flexibility index (Phi) is 5.87. The highest BCUT2D eigenvalue weighted by Gasteiger charge is 2.17. The highest BCUT2D eigenvalue weighted by molar-refractivity contribution is 5.97. The number of anilines is 1. The van der Waals surface area contributed by atoms with Crippen LogP contribution in [0.1, 0.15) is 12.8 Å². The van der Waals surface area contributed by atoms with Crippen molar-refractivity contribution in [3.63, 3.8) is 0 Å². The second-order valence-electron chi connectivity index (χ2n) is 8.94. The first-order chi connectivity index (χ1) is 16.8. The van der Waals surface area contributed by atoms with Gasteiger partial charge in [0.25, 0.3) is 0 Å². The average Bonchev–Trinajstić information content (AvgIpc) is 3.33. The molecular weight excluding hydrogens is 426 g/mol. The number of nitrogens with one attached hydrogen (secondary N) is 2. The van der Waals surface area contributed by atoms with Crippen molar-refractivity contribution in [1.82, 2.24) is 20.3 Å². The van der Waals surface area contributed by atoms with Crippen molar-refractivity contribution in [1.29, 1.82) is 0 Å². The van der Waals surface area contributed by atoms with Gasteiger partial charge in [-0.15, -0.1) is 0 Å². The van der Waals surface area contributed by atoms with E-state index < -0.39 is 0 Å². The van der Waals surface area contributed by atoms with E-state index in [0.29, 0.717) is 5.88 Å². The number of morpholine rings is 1. The van der Waals surface area contributed by atoms with E-state index in [1.54, 1.807) is 12.4 Å². The van der Waals surface area contributed by atoms with Crippen LogP contribution in [-0.4, -0.2) is 60.4 Å².